The first-order chi connectivity index (χ1) is 9.27. The van der Waals surface area contributed by atoms with Gasteiger partial charge in [0.25, 0.3) is 0 Å². The molecule has 0 saturated carbocycles. The molecule has 0 aliphatic carbocycles. The Labute approximate surface area is 123 Å². The van der Waals surface area contributed by atoms with Crippen LogP contribution in [0, 0.1) is 5.41 Å². The number of amides is 1. The van der Waals surface area contributed by atoms with Crippen LogP contribution in [0.3, 0.4) is 0 Å². The highest BCUT2D eigenvalue weighted by molar-refractivity contribution is 7.84. The molecule has 0 aromatic heterocycles. The van der Waals surface area contributed by atoms with E-state index in [9.17, 15) is 9.00 Å². The predicted octanol–water partition coefficient (Wildman–Crippen LogP) is 1.85. The molecule has 2 atom stereocenters. The number of carbonyl (C=O) groups is 1. The van der Waals surface area contributed by atoms with E-state index in [1.807, 2.05) is 38.1 Å². The molecule has 20 heavy (non-hydrogen) atoms. The van der Waals surface area contributed by atoms with Crippen LogP contribution in [0.1, 0.15) is 32.4 Å². The lowest BCUT2D eigenvalue weighted by atomic mass is 9.91. The van der Waals surface area contributed by atoms with Gasteiger partial charge < -0.3 is 10.6 Å². The van der Waals surface area contributed by atoms with E-state index in [-0.39, 0.29) is 11.9 Å². The predicted molar refractivity (Wildman–Crippen MR) is 83.0 cm³/mol. The standard InChI is InChI=1S/C15H24N2O2S/c1-11(17-10-15(2,3)14(18)16-4)12-6-8-13(9-7-12)20(5)19/h6-9,11,17H,10H2,1-5H3,(H,16,18)/t11-,20-/m1/s1. The van der Waals surface area contributed by atoms with Gasteiger partial charge in [0.15, 0.2) is 0 Å². The number of hydrogen-bond acceptors (Lipinski definition) is 3. The highest BCUT2D eigenvalue weighted by Gasteiger charge is 2.26. The maximum Gasteiger partial charge on any atom is 0.226 e. The van der Waals surface area contributed by atoms with Crippen LogP contribution in [0.2, 0.25) is 0 Å². The number of rotatable bonds is 6. The van der Waals surface area contributed by atoms with Crippen molar-refractivity contribution in [1.29, 1.82) is 0 Å². The van der Waals surface area contributed by atoms with E-state index in [2.05, 4.69) is 17.6 Å². The molecule has 0 aliphatic heterocycles. The van der Waals surface area contributed by atoms with Crippen molar-refractivity contribution in [2.75, 3.05) is 19.8 Å². The van der Waals surface area contributed by atoms with E-state index in [1.165, 1.54) is 0 Å². The van der Waals surface area contributed by atoms with Gasteiger partial charge in [0.1, 0.15) is 0 Å². The van der Waals surface area contributed by atoms with Gasteiger partial charge in [0, 0.05) is 41.6 Å². The lowest BCUT2D eigenvalue weighted by molar-refractivity contribution is -0.128. The Kier molecular flexibility index (Phi) is 5.89. The summed E-state index contributed by atoms with van der Waals surface area (Å²) in [5, 5.41) is 6.04. The molecule has 0 saturated heterocycles. The van der Waals surface area contributed by atoms with Crippen LogP contribution in [0.15, 0.2) is 29.2 Å². The van der Waals surface area contributed by atoms with Crippen LogP contribution < -0.4 is 10.6 Å². The smallest absolute Gasteiger partial charge is 0.226 e. The summed E-state index contributed by atoms with van der Waals surface area (Å²) in [6.07, 6.45) is 1.67. The fourth-order valence-electron chi connectivity index (χ4n) is 1.89. The third-order valence-electron chi connectivity index (χ3n) is 3.40. The molecule has 0 heterocycles. The van der Waals surface area contributed by atoms with Crippen LogP contribution in [0.5, 0.6) is 0 Å². The van der Waals surface area contributed by atoms with Crippen molar-refractivity contribution < 1.29 is 9.00 Å². The number of hydrogen-bond donors (Lipinski definition) is 2. The molecule has 1 rings (SSSR count). The average Bonchev–Trinajstić information content (AvgIpc) is 2.43. The number of benzene rings is 1. The molecule has 0 bridgehead atoms. The average molecular weight is 296 g/mol. The number of carbonyl (C=O) groups excluding carboxylic acids is 1. The summed E-state index contributed by atoms with van der Waals surface area (Å²) >= 11 is 0. The topological polar surface area (TPSA) is 58.2 Å². The van der Waals surface area contributed by atoms with E-state index < -0.39 is 16.2 Å². The summed E-state index contributed by atoms with van der Waals surface area (Å²) < 4.78 is 11.3. The molecule has 4 nitrogen and oxygen atoms in total. The Morgan fingerprint density at radius 1 is 1.30 bits per heavy atom. The summed E-state index contributed by atoms with van der Waals surface area (Å²) in [5.74, 6) is 0.0222. The normalized spacial score (nSPS) is 14.7. The fraction of sp³-hybridized carbons (Fsp3) is 0.533. The Balaban J connectivity index is 2.65. The molecule has 2 N–H and O–H groups in total. The lowest BCUT2D eigenvalue weighted by Crippen LogP contribution is -2.42. The Morgan fingerprint density at radius 2 is 1.85 bits per heavy atom. The third kappa shape index (κ3) is 4.42. The summed E-state index contributed by atoms with van der Waals surface area (Å²) in [7, 11) is 0.701. The maximum atomic E-state index is 11.7. The first kappa shape index (κ1) is 16.9. The zero-order valence-electron chi connectivity index (χ0n) is 12.8. The van der Waals surface area contributed by atoms with Crippen LogP contribution >= 0.6 is 0 Å². The van der Waals surface area contributed by atoms with Gasteiger partial charge in [-0.3, -0.25) is 9.00 Å². The minimum atomic E-state index is -0.949. The van der Waals surface area contributed by atoms with E-state index in [0.717, 1.165) is 10.5 Å². The summed E-state index contributed by atoms with van der Waals surface area (Å²) in [5.41, 5.74) is 0.667. The molecule has 0 spiro atoms. The molecule has 0 fully saturated rings. The quantitative estimate of drug-likeness (QED) is 0.842. The monoisotopic (exact) mass is 296 g/mol. The van der Waals surface area contributed by atoms with Gasteiger partial charge in [-0.15, -0.1) is 0 Å². The highest BCUT2D eigenvalue weighted by atomic mass is 32.2. The van der Waals surface area contributed by atoms with Crippen molar-refractivity contribution in [3.8, 4) is 0 Å². The second kappa shape index (κ2) is 6.99. The molecule has 5 heteroatoms. The van der Waals surface area contributed by atoms with Gasteiger partial charge >= 0.3 is 0 Å². The van der Waals surface area contributed by atoms with Crippen molar-refractivity contribution in [3.05, 3.63) is 29.8 Å². The van der Waals surface area contributed by atoms with Crippen LogP contribution in [-0.2, 0) is 15.6 Å². The Morgan fingerprint density at radius 3 is 2.30 bits per heavy atom. The molecule has 1 aromatic rings. The zero-order valence-corrected chi connectivity index (χ0v) is 13.6. The van der Waals surface area contributed by atoms with E-state index in [4.69, 9.17) is 0 Å². The molecule has 0 aliphatic rings. The molecular formula is C15H24N2O2S. The Bertz CT molecular complexity index is 483. The van der Waals surface area contributed by atoms with Gasteiger partial charge in [0.05, 0.1) is 5.41 Å². The van der Waals surface area contributed by atoms with Crippen molar-refractivity contribution >= 4 is 16.7 Å². The van der Waals surface area contributed by atoms with Crippen molar-refractivity contribution in [3.63, 3.8) is 0 Å². The van der Waals surface area contributed by atoms with Crippen molar-refractivity contribution in [2.45, 2.75) is 31.7 Å². The van der Waals surface area contributed by atoms with E-state index in [1.54, 1.807) is 13.3 Å². The van der Waals surface area contributed by atoms with Crippen molar-refractivity contribution in [1.82, 2.24) is 10.6 Å². The van der Waals surface area contributed by atoms with Gasteiger partial charge in [-0.05, 0) is 38.5 Å². The molecule has 112 valence electrons. The van der Waals surface area contributed by atoms with E-state index >= 15 is 0 Å². The second-order valence-electron chi connectivity index (χ2n) is 5.59. The molecule has 0 unspecified atom stereocenters. The molecule has 1 aromatic carbocycles. The first-order valence-electron chi connectivity index (χ1n) is 6.67. The number of nitrogens with one attached hydrogen (secondary N) is 2. The maximum absolute atomic E-state index is 11.7. The zero-order chi connectivity index (χ0) is 15.3. The van der Waals surface area contributed by atoms with Gasteiger partial charge in [-0.1, -0.05) is 12.1 Å². The minimum Gasteiger partial charge on any atom is -0.359 e. The summed E-state index contributed by atoms with van der Waals surface area (Å²) in [6, 6.07) is 7.85. The van der Waals surface area contributed by atoms with E-state index in [0.29, 0.717) is 6.54 Å². The minimum absolute atomic E-state index is 0.0222. The van der Waals surface area contributed by atoms with Crippen LogP contribution in [-0.4, -0.2) is 30.0 Å². The van der Waals surface area contributed by atoms with Crippen LogP contribution in [0.4, 0.5) is 0 Å². The molecule has 1 amide bonds. The summed E-state index contributed by atoms with van der Waals surface area (Å²) in [6.45, 7) is 6.47. The fourth-order valence-corrected chi connectivity index (χ4v) is 2.41. The third-order valence-corrected chi connectivity index (χ3v) is 4.34. The Hall–Kier alpha value is -1.20. The molecule has 0 radical (unpaired) electrons. The van der Waals surface area contributed by atoms with Crippen molar-refractivity contribution in [2.24, 2.45) is 5.41 Å². The van der Waals surface area contributed by atoms with Crippen LogP contribution in [0.25, 0.3) is 0 Å². The highest BCUT2D eigenvalue weighted by Crippen LogP contribution is 2.18. The van der Waals surface area contributed by atoms with Gasteiger partial charge in [0.2, 0.25) is 5.91 Å². The molecular weight excluding hydrogens is 272 g/mol. The first-order valence-corrected chi connectivity index (χ1v) is 8.22. The largest absolute Gasteiger partial charge is 0.359 e. The van der Waals surface area contributed by atoms with Gasteiger partial charge in [-0.2, -0.15) is 0 Å². The summed E-state index contributed by atoms with van der Waals surface area (Å²) in [4.78, 5) is 12.5. The second-order valence-corrected chi connectivity index (χ2v) is 6.97. The van der Waals surface area contributed by atoms with Gasteiger partial charge in [-0.25, -0.2) is 0 Å². The SMILES string of the molecule is CNC(=O)C(C)(C)CN[C@H](C)c1ccc([S@@](C)=O)cc1. The lowest BCUT2D eigenvalue weighted by Gasteiger charge is -2.25.